The number of nitrogens with one attached hydrogen (secondary N) is 1. The van der Waals surface area contributed by atoms with Crippen LogP contribution in [-0.4, -0.2) is 58.0 Å². The Kier molecular flexibility index (Phi) is 10.5. The van der Waals surface area contributed by atoms with Gasteiger partial charge in [0.1, 0.15) is 24.1 Å². The Balaban J connectivity index is 1.71. The quantitative estimate of drug-likeness (QED) is 0.289. The van der Waals surface area contributed by atoms with Crippen molar-refractivity contribution in [3.63, 3.8) is 0 Å². The Morgan fingerprint density at radius 1 is 0.952 bits per heavy atom. The molecule has 1 aliphatic rings. The lowest BCUT2D eigenvalue weighted by Crippen LogP contribution is -2.52. The van der Waals surface area contributed by atoms with Crippen molar-refractivity contribution in [2.45, 2.75) is 56.1 Å². The molecule has 0 aromatic heterocycles. The van der Waals surface area contributed by atoms with Crippen LogP contribution in [0.3, 0.4) is 0 Å². The number of halogens is 1. The van der Waals surface area contributed by atoms with E-state index in [2.05, 4.69) is 21.2 Å². The van der Waals surface area contributed by atoms with Gasteiger partial charge in [-0.2, -0.15) is 0 Å². The van der Waals surface area contributed by atoms with Gasteiger partial charge in [0.2, 0.25) is 11.8 Å². The topological polar surface area (TPSA) is 105 Å². The number of nitrogens with zero attached hydrogens (tertiary/aromatic N) is 2. The van der Waals surface area contributed by atoms with Crippen LogP contribution in [0.2, 0.25) is 0 Å². The molecule has 1 N–H and O–H groups in total. The number of methoxy groups -OCH3 is 2. The number of carbonyl (C=O) groups is 2. The van der Waals surface area contributed by atoms with Crippen LogP contribution in [0.1, 0.15) is 38.2 Å². The number of hydrogen-bond donors (Lipinski definition) is 1. The van der Waals surface area contributed by atoms with Gasteiger partial charge in [-0.1, -0.05) is 53.0 Å². The van der Waals surface area contributed by atoms with E-state index in [0.717, 1.165) is 40.0 Å². The lowest BCUT2D eigenvalue weighted by Gasteiger charge is -2.32. The van der Waals surface area contributed by atoms with Crippen molar-refractivity contribution in [1.82, 2.24) is 10.2 Å². The maximum absolute atomic E-state index is 14.1. The molecular formula is C31H36BrN3O6S. The third-order valence-corrected chi connectivity index (χ3v) is 9.72. The fraction of sp³-hybridized carbons (Fsp3) is 0.355. The van der Waals surface area contributed by atoms with Crippen LogP contribution in [0, 0.1) is 0 Å². The fourth-order valence-electron chi connectivity index (χ4n) is 4.99. The molecule has 3 aromatic rings. The van der Waals surface area contributed by atoms with E-state index in [4.69, 9.17) is 9.47 Å². The normalized spacial score (nSPS) is 14.2. The molecule has 0 aliphatic heterocycles. The number of hydrogen-bond acceptors (Lipinski definition) is 6. The fourth-order valence-corrected chi connectivity index (χ4v) is 6.67. The maximum atomic E-state index is 14.1. The minimum absolute atomic E-state index is 0.0199. The number of benzene rings is 3. The number of ether oxygens (including phenoxy) is 2. The number of amides is 2. The zero-order chi connectivity index (χ0) is 30.3. The summed E-state index contributed by atoms with van der Waals surface area (Å²) in [5, 5.41) is 3.07. The molecule has 2 amide bonds. The van der Waals surface area contributed by atoms with Gasteiger partial charge in [0.15, 0.2) is 0 Å². The first kappa shape index (κ1) is 31.4. The van der Waals surface area contributed by atoms with Crippen molar-refractivity contribution >= 4 is 43.5 Å². The Labute approximate surface area is 256 Å². The monoisotopic (exact) mass is 657 g/mol. The summed E-state index contributed by atoms with van der Waals surface area (Å²) in [5.74, 6) is -0.0188. The molecule has 224 valence electrons. The summed E-state index contributed by atoms with van der Waals surface area (Å²) in [6.45, 7) is 1.24. The first-order valence-corrected chi connectivity index (χ1v) is 16.0. The van der Waals surface area contributed by atoms with Crippen LogP contribution < -0.4 is 19.1 Å². The third-order valence-electron chi connectivity index (χ3n) is 7.42. The first-order chi connectivity index (χ1) is 20.1. The van der Waals surface area contributed by atoms with Crippen molar-refractivity contribution in [2.75, 3.05) is 25.1 Å². The Hall–Kier alpha value is -3.57. The SMILES string of the molecule is COc1ccc(S(=O)(=O)N(CC(=O)N(Cc2ccc(Br)cc2)[C@@H](C)C(=O)NC2CCCC2)c2ccccc2OC)cc1. The molecule has 0 spiro atoms. The van der Waals surface area contributed by atoms with E-state index in [-0.39, 0.29) is 34.8 Å². The van der Waals surface area contributed by atoms with E-state index in [9.17, 15) is 18.0 Å². The minimum atomic E-state index is -4.24. The second-order valence-corrected chi connectivity index (χ2v) is 13.0. The van der Waals surface area contributed by atoms with Crippen LogP contribution in [0.15, 0.2) is 82.2 Å². The van der Waals surface area contributed by atoms with Gasteiger partial charge in [-0.05, 0) is 73.9 Å². The summed E-state index contributed by atoms with van der Waals surface area (Å²) in [6.07, 6.45) is 3.91. The molecule has 0 heterocycles. The summed E-state index contributed by atoms with van der Waals surface area (Å²) in [4.78, 5) is 28.9. The van der Waals surface area contributed by atoms with Gasteiger partial charge in [-0.25, -0.2) is 8.42 Å². The maximum Gasteiger partial charge on any atom is 0.264 e. The van der Waals surface area contributed by atoms with E-state index in [1.807, 2.05) is 24.3 Å². The van der Waals surface area contributed by atoms with Gasteiger partial charge in [-0.3, -0.25) is 13.9 Å². The zero-order valence-corrected chi connectivity index (χ0v) is 26.4. The lowest BCUT2D eigenvalue weighted by atomic mass is 10.1. The highest BCUT2D eigenvalue weighted by Gasteiger charge is 2.34. The molecule has 1 fully saturated rings. The Morgan fingerprint density at radius 2 is 1.60 bits per heavy atom. The molecule has 1 saturated carbocycles. The molecular weight excluding hydrogens is 622 g/mol. The van der Waals surface area contributed by atoms with E-state index < -0.39 is 28.5 Å². The summed E-state index contributed by atoms with van der Waals surface area (Å²) < 4.78 is 40.7. The van der Waals surface area contributed by atoms with Gasteiger partial charge >= 0.3 is 0 Å². The van der Waals surface area contributed by atoms with Gasteiger partial charge < -0.3 is 19.7 Å². The summed E-state index contributed by atoms with van der Waals surface area (Å²) in [6, 6.07) is 19.2. The van der Waals surface area contributed by atoms with Gasteiger partial charge in [0.05, 0.1) is 24.8 Å². The van der Waals surface area contributed by atoms with Crippen molar-refractivity contribution < 1.29 is 27.5 Å². The van der Waals surface area contributed by atoms with Crippen LogP contribution in [0.25, 0.3) is 0 Å². The second kappa shape index (κ2) is 14.1. The number of sulfonamides is 1. The van der Waals surface area contributed by atoms with Crippen molar-refractivity contribution in [1.29, 1.82) is 0 Å². The van der Waals surface area contributed by atoms with E-state index in [1.54, 1.807) is 43.3 Å². The smallest absolute Gasteiger partial charge is 0.264 e. The molecule has 4 rings (SSSR count). The molecule has 42 heavy (non-hydrogen) atoms. The van der Waals surface area contributed by atoms with E-state index >= 15 is 0 Å². The second-order valence-electron chi connectivity index (χ2n) is 10.2. The van der Waals surface area contributed by atoms with Crippen molar-refractivity contribution in [3.8, 4) is 11.5 Å². The van der Waals surface area contributed by atoms with Gasteiger partial charge in [0, 0.05) is 17.1 Å². The summed E-state index contributed by atoms with van der Waals surface area (Å²) in [7, 11) is -1.31. The number of rotatable bonds is 12. The highest BCUT2D eigenvalue weighted by atomic mass is 79.9. The van der Waals surface area contributed by atoms with Gasteiger partial charge in [-0.15, -0.1) is 0 Å². The summed E-state index contributed by atoms with van der Waals surface area (Å²) in [5.41, 5.74) is 1.00. The molecule has 0 radical (unpaired) electrons. The molecule has 1 atom stereocenters. The molecule has 9 nitrogen and oxygen atoms in total. The summed E-state index contributed by atoms with van der Waals surface area (Å²) >= 11 is 3.43. The van der Waals surface area contributed by atoms with Gasteiger partial charge in [0.25, 0.3) is 10.0 Å². The third kappa shape index (κ3) is 7.43. The highest BCUT2D eigenvalue weighted by molar-refractivity contribution is 9.10. The largest absolute Gasteiger partial charge is 0.497 e. The molecule has 11 heteroatoms. The number of carbonyl (C=O) groups excluding carboxylic acids is 2. The zero-order valence-electron chi connectivity index (χ0n) is 24.0. The molecule has 0 bridgehead atoms. The lowest BCUT2D eigenvalue weighted by molar-refractivity contribution is -0.139. The van der Waals surface area contributed by atoms with Crippen LogP contribution >= 0.6 is 15.9 Å². The van der Waals surface area contributed by atoms with Crippen LogP contribution in [0.5, 0.6) is 11.5 Å². The van der Waals surface area contributed by atoms with Crippen LogP contribution in [-0.2, 0) is 26.2 Å². The first-order valence-electron chi connectivity index (χ1n) is 13.8. The number of anilines is 1. The predicted molar refractivity (Wildman–Crippen MR) is 165 cm³/mol. The van der Waals surface area contributed by atoms with E-state index in [1.165, 1.54) is 31.3 Å². The molecule has 3 aromatic carbocycles. The highest BCUT2D eigenvalue weighted by Crippen LogP contribution is 2.33. The average Bonchev–Trinajstić information content (AvgIpc) is 3.52. The van der Waals surface area contributed by atoms with Crippen molar-refractivity contribution in [3.05, 3.63) is 82.8 Å². The average molecular weight is 659 g/mol. The molecule has 0 unspecified atom stereocenters. The van der Waals surface area contributed by atoms with Crippen LogP contribution in [0.4, 0.5) is 5.69 Å². The number of para-hydroxylation sites is 2. The molecule has 0 saturated heterocycles. The standard InChI is InChI=1S/C31H36BrN3O6S/c1-22(31(37)33-25-8-4-5-9-25)34(20-23-12-14-24(32)15-13-23)30(36)21-35(28-10-6-7-11-29(28)41-3)42(38,39)27-18-16-26(40-2)17-19-27/h6-7,10-19,22,25H,4-5,8-9,20-21H2,1-3H3,(H,33,37)/t22-/m0/s1. The minimum Gasteiger partial charge on any atom is -0.497 e. The Morgan fingerprint density at radius 3 is 2.21 bits per heavy atom. The predicted octanol–water partition coefficient (Wildman–Crippen LogP) is 5.14. The van der Waals surface area contributed by atoms with E-state index in [0.29, 0.717) is 5.75 Å². The van der Waals surface area contributed by atoms with Crippen molar-refractivity contribution in [2.24, 2.45) is 0 Å². The Bertz CT molecular complexity index is 1480. The molecule has 1 aliphatic carbocycles.